The van der Waals surface area contributed by atoms with Crippen molar-refractivity contribution in [1.82, 2.24) is 10.2 Å². The van der Waals surface area contributed by atoms with E-state index >= 15 is 0 Å². The van der Waals surface area contributed by atoms with Gasteiger partial charge in [0, 0.05) is 43.3 Å². The molecule has 2 fully saturated rings. The molecule has 40 heavy (non-hydrogen) atoms. The molecule has 0 aliphatic carbocycles. The lowest BCUT2D eigenvalue weighted by molar-refractivity contribution is -0.174. The molecule has 1 unspecified atom stereocenters. The third-order valence-electron chi connectivity index (χ3n) is 7.71. The fourth-order valence-electron chi connectivity index (χ4n) is 4.68. The number of amides is 2. The molecule has 212 valence electrons. The SMILES string of the molecule is CNC(=O)[C@@](C)(C(=O)COC1CCCCO1)N(C)C(=O)c1ccc(C#Cc2ccc(CCC3COC3)cc2)cc1. The molecule has 8 nitrogen and oxygen atoms in total. The molecule has 2 aromatic rings. The first-order valence-electron chi connectivity index (χ1n) is 13.9. The van der Waals surface area contributed by atoms with E-state index in [-0.39, 0.29) is 6.61 Å². The number of benzene rings is 2. The molecule has 0 spiro atoms. The molecule has 2 aliphatic heterocycles. The van der Waals surface area contributed by atoms with Crippen LogP contribution in [0.15, 0.2) is 48.5 Å². The Kier molecular flexibility index (Phi) is 10.1. The van der Waals surface area contributed by atoms with Crippen LogP contribution < -0.4 is 5.32 Å². The van der Waals surface area contributed by atoms with Crippen molar-refractivity contribution in [3.8, 4) is 11.8 Å². The van der Waals surface area contributed by atoms with Crippen molar-refractivity contribution in [2.45, 2.75) is 50.9 Å². The number of ether oxygens (including phenoxy) is 3. The van der Waals surface area contributed by atoms with Crippen LogP contribution in [0.2, 0.25) is 0 Å². The van der Waals surface area contributed by atoms with Crippen molar-refractivity contribution in [2.24, 2.45) is 5.92 Å². The molecule has 0 bridgehead atoms. The van der Waals surface area contributed by atoms with Crippen LogP contribution in [0.25, 0.3) is 0 Å². The summed E-state index contributed by atoms with van der Waals surface area (Å²) in [4.78, 5) is 40.6. The summed E-state index contributed by atoms with van der Waals surface area (Å²) in [6.45, 7) is 3.43. The van der Waals surface area contributed by atoms with Gasteiger partial charge in [-0.3, -0.25) is 14.4 Å². The summed E-state index contributed by atoms with van der Waals surface area (Å²) in [6, 6.07) is 15.1. The maximum Gasteiger partial charge on any atom is 0.254 e. The number of rotatable bonds is 10. The van der Waals surface area contributed by atoms with Crippen molar-refractivity contribution < 1.29 is 28.6 Å². The van der Waals surface area contributed by atoms with Crippen LogP contribution in [-0.2, 0) is 30.2 Å². The normalized spacial score (nSPS) is 18.4. The van der Waals surface area contributed by atoms with E-state index in [1.165, 1.54) is 31.5 Å². The number of aryl methyl sites for hydroxylation is 1. The van der Waals surface area contributed by atoms with Gasteiger partial charge in [0.2, 0.25) is 0 Å². The fraction of sp³-hybridized carbons (Fsp3) is 0.469. The van der Waals surface area contributed by atoms with Crippen molar-refractivity contribution in [2.75, 3.05) is 40.5 Å². The summed E-state index contributed by atoms with van der Waals surface area (Å²) >= 11 is 0. The Balaban J connectivity index is 1.38. The van der Waals surface area contributed by atoms with Crippen molar-refractivity contribution in [3.63, 3.8) is 0 Å². The van der Waals surface area contributed by atoms with Crippen LogP contribution in [0, 0.1) is 17.8 Å². The number of hydrogen-bond acceptors (Lipinski definition) is 6. The Morgan fingerprint density at radius 1 is 1.02 bits per heavy atom. The minimum absolute atomic E-state index is 0.336. The molecule has 2 atom stereocenters. The van der Waals surface area contributed by atoms with Crippen LogP contribution in [0.5, 0.6) is 0 Å². The van der Waals surface area contributed by atoms with Gasteiger partial charge in [0.25, 0.3) is 11.8 Å². The molecule has 8 heteroatoms. The third kappa shape index (κ3) is 7.16. The molecular weight excluding hydrogens is 508 g/mol. The number of carbonyl (C=O) groups is 3. The molecule has 0 radical (unpaired) electrons. The first-order valence-corrected chi connectivity index (χ1v) is 13.9. The second kappa shape index (κ2) is 13.7. The molecule has 0 saturated carbocycles. The highest BCUT2D eigenvalue weighted by Crippen LogP contribution is 2.21. The number of Topliss-reactive ketones (excluding diaryl/α,β-unsaturated/α-hetero) is 1. The molecule has 0 aromatic heterocycles. The van der Waals surface area contributed by atoms with E-state index in [1.807, 2.05) is 12.1 Å². The highest BCUT2D eigenvalue weighted by atomic mass is 16.7. The zero-order valence-electron chi connectivity index (χ0n) is 23.5. The van der Waals surface area contributed by atoms with E-state index < -0.39 is 29.4 Å². The van der Waals surface area contributed by atoms with Gasteiger partial charge in [-0.05, 0) is 81.0 Å². The van der Waals surface area contributed by atoms with Gasteiger partial charge in [-0.1, -0.05) is 24.0 Å². The predicted molar refractivity (Wildman–Crippen MR) is 151 cm³/mol. The van der Waals surface area contributed by atoms with Crippen LogP contribution in [0.4, 0.5) is 0 Å². The summed E-state index contributed by atoms with van der Waals surface area (Å²) in [7, 11) is 2.88. The zero-order chi connectivity index (χ0) is 28.5. The summed E-state index contributed by atoms with van der Waals surface area (Å²) in [6.07, 6.45) is 4.30. The molecule has 2 saturated heterocycles. The van der Waals surface area contributed by atoms with Gasteiger partial charge >= 0.3 is 0 Å². The minimum atomic E-state index is -1.75. The Morgan fingerprint density at radius 3 is 2.23 bits per heavy atom. The smallest absolute Gasteiger partial charge is 0.254 e. The number of ketones is 1. The lowest BCUT2D eigenvalue weighted by Crippen LogP contribution is -2.62. The molecule has 1 N–H and O–H groups in total. The lowest BCUT2D eigenvalue weighted by Gasteiger charge is -2.36. The lowest BCUT2D eigenvalue weighted by atomic mass is 9.92. The summed E-state index contributed by atoms with van der Waals surface area (Å²) in [5.74, 6) is 5.40. The van der Waals surface area contributed by atoms with Crippen LogP contribution in [0.1, 0.15) is 59.7 Å². The molecule has 2 aliphatic rings. The molecule has 4 rings (SSSR count). The van der Waals surface area contributed by atoms with Gasteiger partial charge in [-0.15, -0.1) is 0 Å². The number of nitrogens with one attached hydrogen (secondary N) is 1. The second-order valence-electron chi connectivity index (χ2n) is 10.5. The maximum atomic E-state index is 13.3. The van der Waals surface area contributed by atoms with E-state index in [4.69, 9.17) is 14.2 Å². The zero-order valence-corrected chi connectivity index (χ0v) is 23.5. The number of likely N-dealkylation sites (N-methyl/N-ethyl adjacent to an activating group) is 2. The maximum absolute atomic E-state index is 13.3. The fourth-order valence-corrected chi connectivity index (χ4v) is 4.68. The summed E-state index contributed by atoms with van der Waals surface area (Å²) in [5, 5.41) is 2.51. The molecule has 2 amide bonds. The topological polar surface area (TPSA) is 94.2 Å². The van der Waals surface area contributed by atoms with Gasteiger partial charge in [0.1, 0.15) is 6.61 Å². The molecule has 2 heterocycles. The monoisotopic (exact) mass is 546 g/mol. The van der Waals surface area contributed by atoms with Crippen molar-refractivity contribution in [3.05, 3.63) is 70.8 Å². The Morgan fingerprint density at radius 2 is 1.68 bits per heavy atom. The van der Waals surface area contributed by atoms with Crippen LogP contribution in [0.3, 0.4) is 0 Å². The molecule has 2 aromatic carbocycles. The van der Waals surface area contributed by atoms with Crippen LogP contribution in [-0.4, -0.2) is 74.8 Å². The van der Waals surface area contributed by atoms with E-state index in [9.17, 15) is 14.4 Å². The average Bonchev–Trinajstić information content (AvgIpc) is 2.97. The number of nitrogens with zero attached hydrogens (tertiary/aromatic N) is 1. The highest BCUT2D eigenvalue weighted by Gasteiger charge is 2.46. The standard InChI is InChI=1S/C32H38N2O6/c1-32(31(37)33-2,28(35)22-40-29-6-4-5-19-39-29)34(3)30(36)27-17-15-25(16-18-27)12-11-23-7-9-24(10-8-23)13-14-26-20-38-21-26/h7-10,15-18,26,29H,4-6,13-14,19-22H2,1-3H3,(H,33,37)/t29?,32-/m1/s1. The van der Waals surface area contributed by atoms with Gasteiger partial charge in [0.15, 0.2) is 17.6 Å². The second-order valence-corrected chi connectivity index (χ2v) is 10.5. The van der Waals surface area contributed by atoms with Gasteiger partial charge in [0.05, 0.1) is 13.2 Å². The number of carbonyl (C=O) groups excluding carboxylic acids is 3. The Bertz CT molecular complexity index is 1240. The summed E-state index contributed by atoms with van der Waals surface area (Å²) < 4.78 is 16.4. The van der Waals surface area contributed by atoms with Crippen molar-refractivity contribution in [1.29, 1.82) is 0 Å². The quantitative estimate of drug-likeness (QED) is 0.363. The Hall–Kier alpha value is -3.51. The average molecular weight is 547 g/mol. The number of hydrogen-bond donors (Lipinski definition) is 1. The van der Waals surface area contributed by atoms with Gasteiger partial charge in [-0.25, -0.2) is 0 Å². The predicted octanol–water partition coefficient (Wildman–Crippen LogP) is 3.35. The van der Waals surface area contributed by atoms with Gasteiger partial charge < -0.3 is 24.4 Å². The molecular formula is C32H38N2O6. The highest BCUT2D eigenvalue weighted by molar-refractivity contribution is 6.14. The Labute approximate surface area is 236 Å². The first-order chi connectivity index (χ1) is 19.3. The largest absolute Gasteiger partial charge is 0.381 e. The van der Waals surface area contributed by atoms with Gasteiger partial charge in [-0.2, -0.15) is 0 Å². The van der Waals surface area contributed by atoms with E-state index in [0.29, 0.717) is 24.5 Å². The van der Waals surface area contributed by atoms with Crippen molar-refractivity contribution >= 4 is 17.6 Å². The van der Waals surface area contributed by atoms with Crippen LogP contribution >= 0.6 is 0 Å². The van der Waals surface area contributed by atoms with E-state index in [0.717, 1.165) is 50.0 Å². The first kappa shape index (κ1) is 29.5. The minimum Gasteiger partial charge on any atom is -0.381 e. The summed E-state index contributed by atoms with van der Waals surface area (Å²) in [5.41, 5.74) is 1.54. The van der Waals surface area contributed by atoms with E-state index in [2.05, 4.69) is 29.3 Å². The van der Waals surface area contributed by atoms with E-state index in [1.54, 1.807) is 24.3 Å². The third-order valence-corrected chi connectivity index (χ3v) is 7.71.